The van der Waals surface area contributed by atoms with E-state index in [4.69, 9.17) is 23.2 Å². The van der Waals surface area contributed by atoms with Crippen LogP contribution in [0.2, 0.25) is 10.0 Å². The third-order valence-corrected chi connectivity index (χ3v) is 3.70. The SMILES string of the molecule is OCC(Cc1ccccc1Cl)c1ccccc1Cl. The molecule has 0 aromatic heterocycles. The molecule has 0 aliphatic carbocycles. The molecule has 1 unspecified atom stereocenters. The van der Waals surface area contributed by atoms with Gasteiger partial charge in [0.2, 0.25) is 0 Å². The van der Waals surface area contributed by atoms with Crippen LogP contribution in [0.15, 0.2) is 48.5 Å². The van der Waals surface area contributed by atoms with Crippen molar-refractivity contribution in [2.75, 3.05) is 6.61 Å². The van der Waals surface area contributed by atoms with Crippen molar-refractivity contribution in [3.63, 3.8) is 0 Å². The molecule has 3 heteroatoms. The summed E-state index contributed by atoms with van der Waals surface area (Å²) in [5, 5.41) is 11.0. The Morgan fingerprint density at radius 1 is 0.889 bits per heavy atom. The summed E-state index contributed by atoms with van der Waals surface area (Å²) in [7, 11) is 0. The minimum absolute atomic E-state index is 0.0291. The number of hydrogen-bond acceptors (Lipinski definition) is 1. The summed E-state index contributed by atoms with van der Waals surface area (Å²) < 4.78 is 0. The summed E-state index contributed by atoms with van der Waals surface area (Å²) in [4.78, 5) is 0. The van der Waals surface area contributed by atoms with E-state index in [1.165, 1.54) is 0 Å². The van der Waals surface area contributed by atoms with E-state index in [2.05, 4.69) is 0 Å². The minimum atomic E-state index is -0.0291. The zero-order valence-corrected chi connectivity index (χ0v) is 11.3. The normalized spacial score (nSPS) is 12.4. The lowest BCUT2D eigenvalue weighted by atomic mass is 9.92. The van der Waals surface area contributed by atoms with E-state index < -0.39 is 0 Å². The molecular formula is C15H14Cl2O. The average Bonchev–Trinajstić information content (AvgIpc) is 2.39. The van der Waals surface area contributed by atoms with Crippen LogP contribution < -0.4 is 0 Å². The van der Waals surface area contributed by atoms with Crippen LogP contribution in [0.3, 0.4) is 0 Å². The van der Waals surface area contributed by atoms with Crippen LogP contribution in [0.4, 0.5) is 0 Å². The Hall–Kier alpha value is -1.02. The van der Waals surface area contributed by atoms with Crippen molar-refractivity contribution in [1.29, 1.82) is 0 Å². The summed E-state index contributed by atoms with van der Waals surface area (Å²) >= 11 is 12.3. The van der Waals surface area contributed by atoms with Gasteiger partial charge in [0.15, 0.2) is 0 Å². The molecule has 18 heavy (non-hydrogen) atoms. The summed E-state index contributed by atoms with van der Waals surface area (Å²) in [5.74, 6) is -0.0291. The monoisotopic (exact) mass is 280 g/mol. The van der Waals surface area contributed by atoms with Crippen LogP contribution >= 0.6 is 23.2 Å². The fourth-order valence-electron chi connectivity index (χ4n) is 2.01. The fraction of sp³-hybridized carbons (Fsp3) is 0.200. The number of hydrogen-bond donors (Lipinski definition) is 1. The fourth-order valence-corrected chi connectivity index (χ4v) is 2.51. The van der Waals surface area contributed by atoms with Gasteiger partial charge in [-0.3, -0.25) is 0 Å². The molecule has 0 saturated heterocycles. The van der Waals surface area contributed by atoms with Gasteiger partial charge >= 0.3 is 0 Å². The van der Waals surface area contributed by atoms with Crippen LogP contribution in [-0.2, 0) is 6.42 Å². The molecule has 0 fully saturated rings. The van der Waals surface area contributed by atoms with Crippen molar-refractivity contribution in [2.24, 2.45) is 0 Å². The Labute approximate surface area is 117 Å². The highest BCUT2D eigenvalue weighted by Gasteiger charge is 2.15. The molecule has 0 saturated carbocycles. The van der Waals surface area contributed by atoms with Crippen LogP contribution in [0.5, 0.6) is 0 Å². The van der Waals surface area contributed by atoms with E-state index in [-0.39, 0.29) is 12.5 Å². The van der Waals surface area contributed by atoms with Gasteiger partial charge in [0, 0.05) is 16.0 Å². The summed E-state index contributed by atoms with van der Waals surface area (Å²) in [5.41, 5.74) is 1.99. The highest BCUT2D eigenvalue weighted by Crippen LogP contribution is 2.29. The van der Waals surface area contributed by atoms with Gasteiger partial charge in [-0.1, -0.05) is 59.6 Å². The van der Waals surface area contributed by atoms with Crippen LogP contribution in [0.1, 0.15) is 17.0 Å². The Bertz CT molecular complexity index is 525. The molecule has 1 nitrogen and oxygen atoms in total. The molecule has 0 spiro atoms. The minimum Gasteiger partial charge on any atom is -0.396 e. The number of aliphatic hydroxyl groups excluding tert-OH is 1. The topological polar surface area (TPSA) is 20.2 Å². The average molecular weight is 281 g/mol. The van der Waals surface area contributed by atoms with E-state index >= 15 is 0 Å². The summed E-state index contributed by atoms with van der Waals surface area (Å²) in [6, 6.07) is 15.3. The van der Waals surface area contributed by atoms with Gasteiger partial charge < -0.3 is 5.11 Å². The second kappa shape index (κ2) is 6.24. The molecule has 0 aliphatic rings. The van der Waals surface area contributed by atoms with Crippen molar-refractivity contribution in [3.8, 4) is 0 Å². The largest absolute Gasteiger partial charge is 0.396 e. The standard InChI is InChI=1S/C15H14Cl2O/c16-14-7-3-1-5-11(14)9-12(10-18)13-6-2-4-8-15(13)17/h1-8,12,18H,9-10H2. The number of aliphatic hydroxyl groups is 1. The molecule has 2 aromatic carbocycles. The zero-order chi connectivity index (χ0) is 13.0. The van der Waals surface area contributed by atoms with E-state index in [0.717, 1.165) is 16.1 Å². The van der Waals surface area contributed by atoms with E-state index in [1.54, 1.807) is 0 Å². The van der Waals surface area contributed by atoms with E-state index in [9.17, 15) is 5.11 Å². The first-order chi connectivity index (χ1) is 8.72. The molecule has 1 N–H and O–H groups in total. The lowest BCUT2D eigenvalue weighted by Crippen LogP contribution is -2.08. The van der Waals surface area contributed by atoms with Gasteiger partial charge in [-0.15, -0.1) is 0 Å². The van der Waals surface area contributed by atoms with Crippen molar-refractivity contribution >= 4 is 23.2 Å². The summed E-state index contributed by atoms with van der Waals surface area (Å²) in [6.45, 7) is 0.0506. The molecule has 0 radical (unpaired) electrons. The Morgan fingerprint density at radius 2 is 1.50 bits per heavy atom. The Morgan fingerprint density at radius 3 is 2.11 bits per heavy atom. The van der Waals surface area contributed by atoms with Gasteiger partial charge in [-0.05, 0) is 29.7 Å². The number of halogens is 2. The maximum absolute atomic E-state index is 9.55. The predicted octanol–water partition coefficient (Wildman–Crippen LogP) is 4.31. The van der Waals surface area contributed by atoms with Crippen molar-refractivity contribution < 1.29 is 5.11 Å². The number of rotatable bonds is 4. The van der Waals surface area contributed by atoms with Gasteiger partial charge in [0.1, 0.15) is 0 Å². The first-order valence-electron chi connectivity index (χ1n) is 5.81. The summed E-state index contributed by atoms with van der Waals surface area (Å²) in [6.07, 6.45) is 0.680. The Balaban J connectivity index is 2.26. The second-order valence-corrected chi connectivity index (χ2v) is 5.01. The van der Waals surface area contributed by atoms with E-state index in [0.29, 0.717) is 11.4 Å². The highest BCUT2D eigenvalue weighted by molar-refractivity contribution is 6.31. The maximum atomic E-state index is 9.55. The molecule has 0 heterocycles. The third-order valence-electron chi connectivity index (χ3n) is 2.99. The van der Waals surface area contributed by atoms with Gasteiger partial charge in [-0.25, -0.2) is 0 Å². The molecule has 0 aliphatic heterocycles. The van der Waals surface area contributed by atoms with Gasteiger partial charge in [0.05, 0.1) is 6.61 Å². The van der Waals surface area contributed by atoms with Crippen LogP contribution in [-0.4, -0.2) is 11.7 Å². The first-order valence-corrected chi connectivity index (χ1v) is 6.56. The molecule has 2 rings (SSSR count). The number of benzene rings is 2. The van der Waals surface area contributed by atoms with Crippen LogP contribution in [0.25, 0.3) is 0 Å². The van der Waals surface area contributed by atoms with Gasteiger partial charge in [0.25, 0.3) is 0 Å². The first kappa shape index (κ1) is 13.4. The third kappa shape index (κ3) is 3.05. The second-order valence-electron chi connectivity index (χ2n) is 4.20. The quantitative estimate of drug-likeness (QED) is 0.885. The highest BCUT2D eigenvalue weighted by atomic mass is 35.5. The lowest BCUT2D eigenvalue weighted by molar-refractivity contribution is 0.264. The Kier molecular flexibility index (Phi) is 4.65. The predicted molar refractivity (Wildman–Crippen MR) is 76.4 cm³/mol. The maximum Gasteiger partial charge on any atom is 0.0503 e. The van der Waals surface area contributed by atoms with Crippen molar-refractivity contribution in [2.45, 2.75) is 12.3 Å². The van der Waals surface area contributed by atoms with Crippen molar-refractivity contribution in [1.82, 2.24) is 0 Å². The molecule has 2 aromatic rings. The van der Waals surface area contributed by atoms with Crippen LogP contribution in [0, 0.1) is 0 Å². The van der Waals surface area contributed by atoms with Crippen molar-refractivity contribution in [3.05, 3.63) is 69.7 Å². The van der Waals surface area contributed by atoms with Gasteiger partial charge in [-0.2, -0.15) is 0 Å². The van der Waals surface area contributed by atoms with E-state index in [1.807, 2.05) is 48.5 Å². The molecular weight excluding hydrogens is 267 g/mol. The zero-order valence-electron chi connectivity index (χ0n) is 9.81. The molecule has 0 bridgehead atoms. The lowest BCUT2D eigenvalue weighted by Gasteiger charge is -2.16. The smallest absolute Gasteiger partial charge is 0.0503 e. The molecule has 94 valence electrons. The molecule has 0 amide bonds. The molecule has 1 atom stereocenters.